The number of amides is 1. The SMILES string of the molecule is Cc1cccc(CC(=O)Nc2ccc(N3CCC(C)CC3)cc2)c1. The minimum atomic E-state index is 0.0279. The third kappa shape index (κ3) is 4.38. The van der Waals surface area contributed by atoms with Crippen molar-refractivity contribution >= 4 is 17.3 Å². The van der Waals surface area contributed by atoms with E-state index in [1.807, 2.05) is 37.3 Å². The van der Waals surface area contributed by atoms with Crippen LogP contribution in [0.5, 0.6) is 0 Å². The number of hydrogen-bond donors (Lipinski definition) is 1. The van der Waals surface area contributed by atoms with E-state index in [0.29, 0.717) is 6.42 Å². The van der Waals surface area contributed by atoms with Crippen LogP contribution < -0.4 is 10.2 Å². The molecule has 3 nitrogen and oxygen atoms in total. The van der Waals surface area contributed by atoms with E-state index >= 15 is 0 Å². The van der Waals surface area contributed by atoms with Crippen molar-refractivity contribution in [3.8, 4) is 0 Å². The summed E-state index contributed by atoms with van der Waals surface area (Å²) in [4.78, 5) is 14.6. The Morgan fingerprint density at radius 2 is 1.83 bits per heavy atom. The Morgan fingerprint density at radius 3 is 2.50 bits per heavy atom. The lowest BCUT2D eigenvalue weighted by molar-refractivity contribution is -0.115. The number of benzene rings is 2. The van der Waals surface area contributed by atoms with Crippen molar-refractivity contribution in [1.29, 1.82) is 0 Å². The van der Waals surface area contributed by atoms with E-state index in [2.05, 4.69) is 35.3 Å². The predicted molar refractivity (Wildman–Crippen MR) is 101 cm³/mol. The highest BCUT2D eigenvalue weighted by Gasteiger charge is 2.15. The summed E-state index contributed by atoms with van der Waals surface area (Å²) in [6, 6.07) is 16.3. The molecular weight excluding hydrogens is 296 g/mol. The average Bonchev–Trinajstić information content (AvgIpc) is 2.56. The summed E-state index contributed by atoms with van der Waals surface area (Å²) < 4.78 is 0. The number of aryl methyl sites for hydroxylation is 1. The molecule has 1 fully saturated rings. The van der Waals surface area contributed by atoms with E-state index in [-0.39, 0.29) is 5.91 Å². The Hall–Kier alpha value is -2.29. The first-order chi connectivity index (χ1) is 11.6. The zero-order valence-electron chi connectivity index (χ0n) is 14.6. The minimum absolute atomic E-state index is 0.0279. The van der Waals surface area contributed by atoms with Gasteiger partial charge in [0.25, 0.3) is 0 Å². The molecule has 2 aromatic carbocycles. The van der Waals surface area contributed by atoms with Gasteiger partial charge in [-0.3, -0.25) is 4.79 Å². The normalized spacial score (nSPS) is 15.3. The predicted octanol–water partition coefficient (Wildman–Crippen LogP) is 4.41. The molecule has 2 aromatic rings. The number of nitrogens with one attached hydrogen (secondary N) is 1. The summed E-state index contributed by atoms with van der Waals surface area (Å²) in [5, 5.41) is 2.99. The molecule has 0 bridgehead atoms. The van der Waals surface area contributed by atoms with Gasteiger partial charge in [-0.25, -0.2) is 0 Å². The molecule has 3 heteroatoms. The zero-order chi connectivity index (χ0) is 16.9. The van der Waals surface area contributed by atoms with Crippen molar-refractivity contribution in [2.45, 2.75) is 33.1 Å². The average molecular weight is 322 g/mol. The second-order valence-corrected chi connectivity index (χ2v) is 6.93. The Balaban J connectivity index is 1.56. The van der Waals surface area contributed by atoms with E-state index < -0.39 is 0 Å². The molecule has 1 saturated heterocycles. The lowest BCUT2D eigenvalue weighted by Gasteiger charge is -2.32. The fourth-order valence-corrected chi connectivity index (χ4v) is 3.24. The van der Waals surface area contributed by atoms with Gasteiger partial charge in [0.2, 0.25) is 5.91 Å². The van der Waals surface area contributed by atoms with Crippen LogP contribution in [0.3, 0.4) is 0 Å². The quantitative estimate of drug-likeness (QED) is 0.904. The standard InChI is InChI=1S/C21H26N2O/c1-16-10-12-23(13-11-16)20-8-6-19(7-9-20)22-21(24)15-18-5-3-4-17(2)14-18/h3-9,14,16H,10-13,15H2,1-2H3,(H,22,24). The first-order valence-corrected chi connectivity index (χ1v) is 8.80. The van der Waals surface area contributed by atoms with Crippen molar-refractivity contribution in [2.75, 3.05) is 23.3 Å². The van der Waals surface area contributed by atoms with Crippen molar-refractivity contribution < 1.29 is 4.79 Å². The molecule has 0 aromatic heterocycles. The monoisotopic (exact) mass is 322 g/mol. The first kappa shape index (κ1) is 16.6. The van der Waals surface area contributed by atoms with Gasteiger partial charge in [-0.05, 0) is 55.5 Å². The van der Waals surface area contributed by atoms with Crippen LogP contribution >= 0.6 is 0 Å². The molecular formula is C21H26N2O. The summed E-state index contributed by atoms with van der Waals surface area (Å²) in [6.45, 7) is 6.62. The van der Waals surface area contributed by atoms with E-state index in [0.717, 1.165) is 30.3 Å². The van der Waals surface area contributed by atoms with Crippen molar-refractivity contribution in [3.05, 3.63) is 59.7 Å². The number of hydrogen-bond acceptors (Lipinski definition) is 2. The fraction of sp³-hybridized carbons (Fsp3) is 0.381. The third-order valence-electron chi connectivity index (χ3n) is 4.75. The molecule has 0 aliphatic carbocycles. The van der Waals surface area contributed by atoms with Crippen LogP contribution in [0.15, 0.2) is 48.5 Å². The van der Waals surface area contributed by atoms with Gasteiger partial charge in [-0.15, -0.1) is 0 Å². The van der Waals surface area contributed by atoms with Crippen molar-refractivity contribution in [1.82, 2.24) is 0 Å². The largest absolute Gasteiger partial charge is 0.372 e. The molecule has 126 valence electrons. The Bertz CT molecular complexity index is 685. The first-order valence-electron chi connectivity index (χ1n) is 8.80. The minimum Gasteiger partial charge on any atom is -0.372 e. The van der Waals surface area contributed by atoms with Gasteiger partial charge in [0.15, 0.2) is 0 Å². The number of piperidine rings is 1. The lowest BCUT2D eigenvalue weighted by Crippen LogP contribution is -2.32. The van der Waals surface area contributed by atoms with Crippen LogP contribution in [0, 0.1) is 12.8 Å². The molecule has 1 heterocycles. The Labute approximate surface area is 144 Å². The van der Waals surface area contributed by atoms with E-state index in [4.69, 9.17) is 0 Å². The molecule has 1 aliphatic heterocycles. The van der Waals surface area contributed by atoms with E-state index in [1.165, 1.54) is 24.1 Å². The molecule has 0 atom stereocenters. The van der Waals surface area contributed by atoms with Gasteiger partial charge in [-0.2, -0.15) is 0 Å². The fourth-order valence-electron chi connectivity index (χ4n) is 3.24. The number of carbonyl (C=O) groups is 1. The van der Waals surface area contributed by atoms with Crippen molar-refractivity contribution in [3.63, 3.8) is 0 Å². The van der Waals surface area contributed by atoms with Crippen LogP contribution in [0.4, 0.5) is 11.4 Å². The number of anilines is 2. The van der Waals surface area contributed by atoms with Crippen LogP contribution in [0.25, 0.3) is 0 Å². The second kappa shape index (κ2) is 7.52. The van der Waals surface area contributed by atoms with Crippen LogP contribution in [0.1, 0.15) is 30.9 Å². The Morgan fingerprint density at radius 1 is 1.12 bits per heavy atom. The summed E-state index contributed by atoms with van der Waals surface area (Å²) in [6.07, 6.45) is 2.93. The highest BCUT2D eigenvalue weighted by Crippen LogP contribution is 2.24. The van der Waals surface area contributed by atoms with Gasteiger partial charge in [-0.1, -0.05) is 36.8 Å². The van der Waals surface area contributed by atoms with E-state index in [9.17, 15) is 4.79 Å². The van der Waals surface area contributed by atoms with Crippen molar-refractivity contribution in [2.24, 2.45) is 5.92 Å². The van der Waals surface area contributed by atoms with Crippen LogP contribution in [0.2, 0.25) is 0 Å². The maximum Gasteiger partial charge on any atom is 0.228 e. The number of rotatable bonds is 4. The highest BCUT2D eigenvalue weighted by atomic mass is 16.1. The number of carbonyl (C=O) groups excluding carboxylic acids is 1. The smallest absolute Gasteiger partial charge is 0.228 e. The molecule has 0 spiro atoms. The molecule has 0 saturated carbocycles. The molecule has 0 radical (unpaired) electrons. The summed E-state index contributed by atoms with van der Waals surface area (Å²) in [5.41, 5.74) is 4.34. The topological polar surface area (TPSA) is 32.3 Å². The van der Waals surface area contributed by atoms with Gasteiger partial charge in [0, 0.05) is 24.5 Å². The van der Waals surface area contributed by atoms with Gasteiger partial charge >= 0.3 is 0 Å². The Kier molecular flexibility index (Phi) is 5.19. The summed E-state index contributed by atoms with van der Waals surface area (Å²) in [5.74, 6) is 0.863. The van der Waals surface area contributed by atoms with Gasteiger partial charge in [0.1, 0.15) is 0 Å². The molecule has 24 heavy (non-hydrogen) atoms. The third-order valence-corrected chi connectivity index (χ3v) is 4.75. The molecule has 1 amide bonds. The second-order valence-electron chi connectivity index (χ2n) is 6.93. The molecule has 0 unspecified atom stereocenters. The summed E-state index contributed by atoms with van der Waals surface area (Å²) in [7, 11) is 0. The highest BCUT2D eigenvalue weighted by molar-refractivity contribution is 5.92. The lowest BCUT2D eigenvalue weighted by atomic mass is 9.99. The van der Waals surface area contributed by atoms with Crippen LogP contribution in [-0.2, 0) is 11.2 Å². The zero-order valence-corrected chi connectivity index (χ0v) is 14.6. The summed E-state index contributed by atoms with van der Waals surface area (Å²) >= 11 is 0. The van der Waals surface area contributed by atoms with E-state index in [1.54, 1.807) is 0 Å². The van der Waals surface area contributed by atoms with Crippen LogP contribution in [-0.4, -0.2) is 19.0 Å². The molecule has 1 aliphatic rings. The molecule has 1 N–H and O–H groups in total. The number of nitrogens with zero attached hydrogens (tertiary/aromatic N) is 1. The van der Waals surface area contributed by atoms with Gasteiger partial charge in [0.05, 0.1) is 6.42 Å². The maximum absolute atomic E-state index is 12.2. The maximum atomic E-state index is 12.2. The molecule has 3 rings (SSSR count). The van der Waals surface area contributed by atoms with Gasteiger partial charge < -0.3 is 10.2 Å².